The lowest BCUT2D eigenvalue weighted by atomic mass is 9.52. The number of aryl methyl sites for hydroxylation is 2. The lowest BCUT2D eigenvalue weighted by molar-refractivity contribution is -0.181. The first-order chi connectivity index (χ1) is 20.9. The van der Waals surface area contributed by atoms with Gasteiger partial charge in [0.1, 0.15) is 5.75 Å². The zero-order chi connectivity index (χ0) is 31.5. The molecule has 1 amide bonds. The van der Waals surface area contributed by atoms with E-state index >= 15 is 0 Å². The number of primary amides is 1. The molecule has 2 fully saturated rings. The number of fused-ring (bicyclic) bond motifs is 3. The molecule has 0 spiro atoms. The van der Waals surface area contributed by atoms with Crippen molar-refractivity contribution in [1.82, 2.24) is 4.90 Å². The van der Waals surface area contributed by atoms with Gasteiger partial charge < -0.3 is 15.9 Å². The maximum Gasteiger partial charge on any atom is 0.235 e. The zero-order valence-corrected chi connectivity index (χ0v) is 24.5. The number of benzene rings is 3. The summed E-state index contributed by atoms with van der Waals surface area (Å²) in [7, 11) is 3.13. The monoisotopic (exact) mass is 594 g/mol. The SMILES string of the molecule is CN(C)[C@H]1C(=O)C(C(N)=O)C(=O)[C@]2(O)C(=O)C3C(=O)c4c(O)ccc(-c5ccc(CCc6ccccc6)cc5)c4C[C@@H]3C[C@H]12. The molecule has 0 aliphatic heterocycles. The molecule has 44 heavy (non-hydrogen) atoms. The largest absolute Gasteiger partial charge is 0.507 e. The fraction of sp³-hybridized carbons (Fsp3) is 0.343. The molecular weight excluding hydrogens is 560 g/mol. The van der Waals surface area contributed by atoms with Crippen molar-refractivity contribution in [3.63, 3.8) is 0 Å². The first-order valence-corrected chi connectivity index (χ1v) is 14.8. The molecule has 2 unspecified atom stereocenters. The molecule has 4 N–H and O–H groups in total. The van der Waals surface area contributed by atoms with E-state index in [1.807, 2.05) is 42.5 Å². The predicted molar refractivity (Wildman–Crippen MR) is 161 cm³/mol. The van der Waals surface area contributed by atoms with Crippen LogP contribution in [0.5, 0.6) is 5.75 Å². The van der Waals surface area contributed by atoms with Crippen LogP contribution in [0.1, 0.15) is 33.5 Å². The highest BCUT2D eigenvalue weighted by atomic mass is 16.3. The van der Waals surface area contributed by atoms with Crippen LogP contribution in [-0.4, -0.2) is 69.9 Å². The minimum Gasteiger partial charge on any atom is -0.507 e. The lowest BCUT2D eigenvalue weighted by Crippen LogP contribution is -2.74. The molecule has 0 bridgehead atoms. The Kier molecular flexibility index (Phi) is 7.34. The molecule has 6 atom stereocenters. The molecule has 0 aromatic heterocycles. The van der Waals surface area contributed by atoms with Gasteiger partial charge in [-0.2, -0.15) is 0 Å². The van der Waals surface area contributed by atoms with E-state index in [-0.39, 0.29) is 24.2 Å². The number of nitrogens with two attached hydrogens (primary N) is 1. The van der Waals surface area contributed by atoms with Gasteiger partial charge in [-0.25, -0.2) is 0 Å². The Hall–Kier alpha value is -4.47. The first kappa shape index (κ1) is 29.6. The Morgan fingerprint density at radius 3 is 2.16 bits per heavy atom. The highest BCUT2D eigenvalue weighted by Gasteiger charge is 2.69. The van der Waals surface area contributed by atoms with E-state index in [4.69, 9.17) is 5.73 Å². The number of aliphatic hydroxyl groups is 1. The molecule has 3 aromatic carbocycles. The molecule has 9 nitrogen and oxygen atoms in total. The number of hydrogen-bond acceptors (Lipinski definition) is 8. The van der Waals surface area contributed by atoms with Crippen LogP contribution in [-0.2, 0) is 38.4 Å². The van der Waals surface area contributed by atoms with Crippen molar-refractivity contribution in [3.05, 3.63) is 89.0 Å². The van der Waals surface area contributed by atoms with Crippen molar-refractivity contribution in [2.45, 2.75) is 37.3 Å². The number of aromatic hydroxyl groups is 1. The van der Waals surface area contributed by atoms with E-state index in [0.29, 0.717) is 5.56 Å². The van der Waals surface area contributed by atoms with E-state index in [9.17, 15) is 34.2 Å². The van der Waals surface area contributed by atoms with Crippen molar-refractivity contribution in [1.29, 1.82) is 0 Å². The van der Waals surface area contributed by atoms with Crippen molar-refractivity contribution in [3.8, 4) is 16.9 Å². The van der Waals surface area contributed by atoms with Gasteiger partial charge in [0, 0.05) is 5.92 Å². The van der Waals surface area contributed by atoms with Crippen LogP contribution in [0.3, 0.4) is 0 Å². The highest BCUT2D eigenvalue weighted by molar-refractivity contribution is 6.32. The van der Waals surface area contributed by atoms with Crippen molar-refractivity contribution < 1.29 is 34.2 Å². The predicted octanol–water partition coefficient (Wildman–Crippen LogP) is 2.32. The third-order valence-electron chi connectivity index (χ3n) is 9.75. The number of Topliss-reactive ketones (excluding diaryl/α,β-unsaturated/α-hetero) is 4. The van der Waals surface area contributed by atoms with Crippen molar-refractivity contribution in [2.24, 2.45) is 29.4 Å². The maximum absolute atomic E-state index is 14.0. The van der Waals surface area contributed by atoms with Crippen LogP contribution in [0.15, 0.2) is 66.7 Å². The summed E-state index contributed by atoms with van der Waals surface area (Å²) in [6.07, 6.45) is 1.98. The number of nitrogens with zero attached hydrogens (tertiary/aromatic N) is 1. The summed E-state index contributed by atoms with van der Waals surface area (Å²) in [6.45, 7) is 0. The number of likely N-dealkylation sites (N-methyl/N-ethyl adjacent to an activating group) is 1. The van der Waals surface area contributed by atoms with Gasteiger partial charge in [0.2, 0.25) is 5.91 Å². The van der Waals surface area contributed by atoms with Crippen LogP contribution in [0.4, 0.5) is 0 Å². The van der Waals surface area contributed by atoms with E-state index in [0.717, 1.165) is 29.5 Å². The first-order valence-electron chi connectivity index (χ1n) is 14.8. The minimum atomic E-state index is -2.74. The molecule has 2 saturated carbocycles. The zero-order valence-electron chi connectivity index (χ0n) is 24.5. The number of phenols is 1. The summed E-state index contributed by atoms with van der Waals surface area (Å²) in [6, 6.07) is 20.2. The number of rotatable bonds is 6. The quantitative estimate of drug-likeness (QED) is 0.368. The lowest BCUT2D eigenvalue weighted by Gasteiger charge is -2.52. The molecule has 9 heteroatoms. The Balaban J connectivity index is 1.36. The van der Waals surface area contributed by atoms with E-state index in [1.54, 1.807) is 20.2 Å². The second-order valence-electron chi connectivity index (χ2n) is 12.5. The molecule has 6 rings (SSSR count). The number of ketones is 4. The average molecular weight is 595 g/mol. The van der Waals surface area contributed by atoms with E-state index in [2.05, 4.69) is 12.1 Å². The highest BCUT2D eigenvalue weighted by Crippen LogP contribution is 2.51. The van der Waals surface area contributed by atoms with Gasteiger partial charge in [-0.05, 0) is 79.6 Å². The fourth-order valence-electron chi connectivity index (χ4n) is 7.66. The topological polar surface area (TPSA) is 155 Å². The van der Waals surface area contributed by atoms with Gasteiger partial charge in [-0.3, -0.25) is 28.9 Å². The van der Waals surface area contributed by atoms with Gasteiger partial charge in [-0.1, -0.05) is 60.7 Å². The Labute approximate surface area is 254 Å². The number of phenolic OH excluding ortho intramolecular Hbond substituents is 1. The molecule has 0 saturated heterocycles. The van der Waals surface area contributed by atoms with Gasteiger partial charge in [0.05, 0.1) is 17.5 Å². The Bertz CT molecular complexity index is 1700. The van der Waals surface area contributed by atoms with Crippen LogP contribution < -0.4 is 5.73 Å². The molecule has 226 valence electrons. The molecular formula is C35H34N2O7. The van der Waals surface area contributed by atoms with Crippen LogP contribution in [0, 0.1) is 23.7 Å². The summed E-state index contributed by atoms with van der Waals surface area (Å²) in [4.78, 5) is 68.3. The van der Waals surface area contributed by atoms with E-state index in [1.165, 1.54) is 16.5 Å². The minimum absolute atomic E-state index is 0.0113. The maximum atomic E-state index is 14.0. The van der Waals surface area contributed by atoms with Gasteiger partial charge in [0.25, 0.3) is 0 Å². The van der Waals surface area contributed by atoms with Crippen molar-refractivity contribution >= 4 is 29.0 Å². The number of hydrogen-bond donors (Lipinski definition) is 3. The van der Waals surface area contributed by atoms with E-state index < -0.39 is 64.4 Å². The molecule has 0 radical (unpaired) electrons. The second-order valence-corrected chi connectivity index (χ2v) is 12.5. The van der Waals surface area contributed by atoms with Crippen LogP contribution in [0.25, 0.3) is 11.1 Å². The fourth-order valence-corrected chi connectivity index (χ4v) is 7.66. The number of carbonyl (C=O) groups is 5. The second kappa shape index (κ2) is 10.9. The molecule has 0 heterocycles. The van der Waals surface area contributed by atoms with Gasteiger partial charge in [0.15, 0.2) is 34.7 Å². The van der Waals surface area contributed by atoms with Crippen LogP contribution >= 0.6 is 0 Å². The summed E-state index contributed by atoms with van der Waals surface area (Å²) in [5.74, 6) is -10.5. The molecule has 3 aromatic rings. The normalized spacial score (nSPS) is 28.0. The van der Waals surface area contributed by atoms with Gasteiger partial charge in [-0.15, -0.1) is 0 Å². The Morgan fingerprint density at radius 2 is 1.55 bits per heavy atom. The van der Waals surface area contributed by atoms with Gasteiger partial charge >= 0.3 is 0 Å². The summed E-state index contributed by atoms with van der Waals surface area (Å²) < 4.78 is 0. The summed E-state index contributed by atoms with van der Waals surface area (Å²) in [5, 5.41) is 22.6. The smallest absolute Gasteiger partial charge is 0.235 e. The average Bonchev–Trinajstić information content (AvgIpc) is 2.98. The number of carbonyl (C=O) groups excluding carboxylic acids is 5. The van der Waals surface area contributed by atoms with Crippen molar-refractivity contribution in [2.75, 3.05) is 14.1 Å². The summed E-state index contributed by atoms with van der Waals surface area (Å²) in [5.41, 5.74) is 7.18. The third kappa shape index (κ3) is 4.50. The standard InChI is InChI=1S/C35H34N2O7/c1-37(2)29-24-17-21-16-23-22(20-12-10-19(11-13-20)9-8-18-6-4-3-5-7-18)14-15-25(38)27(23)30(39)26(21)32(41)35(24,44)33(42)28(31(29)40)34(36)43/h3-7,10-15,21,24,26,28-29,38,44H,8-9,16-17H2,1-2H3,(H2,36,43)/t21-,24-,26?,28?,29-,35-/m1/s1. The number of amides is 1. The third-order valence-corrected chi connectivity index (χ3v) is 9.75. The summed E-state index contributed by atoms with van der Waals surface area (Å²) >= 11 is 0. The molecule has 3 aliphatic rings. The van der Waals surface area contributed by atoms with Crippen LogP contribution in [0.2, 0.25) is 0 Å². The Morgan fingerprint density at radius 1 is 0.909 bits per heavy atom. The molecule has 3 aliphatic carbocycles.